The zero-order valence-corrected chi connectivity index (χ0v) is 26.6. The number of hydrogen-bond acceptors (Lipinski definition) is 0. The highest BCUT2D eigenvalue weighted by Crippen LogP contribution is 2.15. The maximum atomic E-state index is 2.29. The Labute approximate surface area is 233 Å². The maximum absolute atomic E-state index is 2.29. The molecule has 0 heteroatoms. The smallest absolute Gasteiger partial charge is 0.0533 e. The van der Waals surface area contributed by atoms with Gasteiger partial charge in [0.05, 0.1) is 0 Å². The summed E-state index contributed by atoms with van der Waals surface area (Å²) in [5.41, 5.74) is 0. The van der Waals surface area contributed by atoms with E-state index in [9.17, 15) is 0 Å². The summed E-state index contributed by atoms with van der Waals surface area (Å²) in [6, 6.07) is 0. The average molecular weight is 509 g/mol. The van der Waals surface area contributed by atoms with Gasteiger partial charge in [0.2, 0.25) is 0 Å². The molecule has 0 atom stereocenters. The second-order valence-corrected chi connectivity index (χ2v) is 11.9. The fourth-order valence-corrected chi connectivity index (χ4v) is 5.24. The van der Waals surface area contributed by atoms with Gasteiger partial charge in [0.25, 0.3) is 0 Å². The van der Waals surface area contributed by atoms with Crippen LogP contribution in [0.25, 0.3) is 0 Å². The molecule has 220 valence electrons. The first-order valence-corrected chi connectivity index (χ1v) is 17.8. The van der Waals surface area contributed by atoms with Gasteiger partial charge in [0.1, 0.15) is 0 Å². The van der Waals surface area contributed by atoms with Gasteiger partial charge in [0, 0.05) is 0 Å². The van der Waals surface area contributed by atoms with Crippen molar-refractivity contribution >= 4 is 0 Å². The lowest BCUT2D eigenvalue weighted by Gasteiger charge is -2.03. The van der Waals surface area contributed by atoms with Gasteiger partial charge in [-0.1, -0.05) is 233 Å². The van der Waals surface area contributed by atoms with E-state index in [1.54, 1.807) is 0 Å². The molecule has 0 bridgehead atoms. The zero-order valence-electron chi connectivity index (χ0n) is 26.6. The minimum Gasteiger partial charge on any atom is -0.0654 e. The summed E-state index contributed by atoms with van der Waals surface area (Å²) in [6.07, 6.45) is 46.8. The monoisotopic (exact) mass is 509 g/mol. The zero-order chi connectivity index (χ0) is 26.6. The van der Waals surface area contributed by atoms with Crippen LogP contribution in [0.5, 0.6) is 0 Å². The summed E-state index contributed by atoms with van der Waals surface area (Å²) in [5, 5.41) is 0. The van der Waals surface area contributed by atoms with Gasteiger partial charge in [-0.2, -0.15) is 0 Å². The molecule has 0 nitrogen and oxygen atoms in total. The molecule has 0 aromatic heterocycles. The van der Waals surface area contributed by atoms with Crippen LogP contribution in [0.3, 0.4) is 0 Å². The molecular weight excluding hydrogens is 432 g/mol. The number of hydrogen-bond donors (Lipinski definition) is 0. The van der Waals surface area contributed by atoms with Crippen molar-refractivity contribution in [3.63, 3.8) is 0 Å². The highest BCUT2D eigenvalue weighted by molar-refractivity contribution is 4.50. The molecule has 0 amide bonds. The van der Waals surface area contributed by atoms with E-state index < -0.39 is 0 Å². The first-order chi connectivity index (χ1) is 17.8. The second kappa shape index (κ2) is 39.5. The van der Waals surface area contributed by atoms with Gasteiger partial charge in [-0.3, -0.25) is 0 Å². The van der Waals surface area contributed by atoms with Crippen molar-refractivity contribution in [1.29, 1.82) is 0 Å². The third kappa shape index (κ3) is 41.1. The summed E-state index contributed by atoms with van der Waals surface area (Å²) >= 11 is 0. The van der Waals surface area contributed by atoms with Gasteiger partial charge in [0.15, 0.2) is 0 Å². The van der Waals surface area contributed by atoms with Gasteiger partial charge in [-0.15, -0.1) is 0 Å². The summed E-state index contributed by atoms with van der Waals surface area (Å²) < 4.78 is 0. The normalized spacial score (nSPS) is 11.0. The lowest BCUT2D eigenvalue weighted by atomic mass is 10.0. The quantitative estimate of drug-likeness (QED) is 0.0846. The van der Waals surface area contributed by atoms with Crippen LogP contribution in [0, 0.1) is 0 Å². The first-order valence-electron chi connectivity index (χ1n) is 17.8. The van der Waals surface area contributed by atoms with Gasteiger partial charge in [-0.25, -0.2) is 0 Å². The molecule has 0 aliphatic rings. The van der Waals surface area contributed by atoms with Crippen LogP contribution < -0.4 is 0 Å². The van der Waals surface area contributed by atoms with E-state index in [2.05, 4.69) is 27.7 Å². The van der Waals surface area contributed by atoms with Crippen molar-refractivity contribution in [2.24, 2.45) is 0 Å². The molecule has 0 unspecified atom stereocenters. The molecule has 0 aromatic carbocycles. The molecule has 0 radical (unpaired) electrons. The van der Waals surface area contributed by atoms with Crippen molar-refractivity contribution in [3.05, 3.63) is 0 Å². The molecule has 0 aliphatic heterocycles. The molecule has 0 aliphatic carbocycles. The Morgan fingerprint density at radius 3 is 0.306 bits per heavy atom. The fourth-order valence-electron chi connectivity index (χ4n) is 5.24. The Morgan fingerprint density at radius 2 is 0.222 bits per heavy atom. The molecule has 0 saturated heterocycles. The molecule has 0 rings (SSSR count). The van der Waals surface area contributed by atoms with Crippen molar-refractivity contribution in [3.8, 4) is 0 Å². The minimum absolute atomic E-state index is 1.37. The van der Waals surface area contributed by atoms with Crippen LogP contribution in [0.4, 0.5) is 0 Å². The molecule has 0 fully saturated rings. The topological polar surface area (TPSA) is 0 Å². The SMILES string of the molecule is CCCCCCCCCCCCCCCCCC.CCCCCCCCCCCCCCCCCC. The van der Waals surface area contributed by atoms with Crippen LogP contribution in [0.2, 0.25) is 0 Å². The average Bonchev–Trinajstić information content (AvgIpc) is 2.89. The van der Waals surface area contributed by atoms with Crippen molar-refractivity contribution < 1.29 is 0 Å². The third-order valence-electron chi connectivity index (χ3n) is 7.91. The van der Waals surface area contributed by atoms with Crippen molar-refractivity contribution in [2.75, 3.05) is 0 Å². The fraction of sp³-hybridized carbons (Fsp3) is 1.00. The van der Waals surface area contributed by atoms with Crippen LogP contribution in [-0.4, -0.2) is 0 Å². The second-order valence-electron chi connectivity index (χ2n) is 11.9. The van der Waals surface area contributed by atoms with E-state index in [-0.39, 0.29) is 0 Å². The highest BCUT2D eigenvalue weighted by atomic mass is 14.0. The Balaban J connectivity index is 0. The Bertz CT molecular complexity index is 256. The van der Waals surface area contributed by atoms with E-state index in [1.807, 2.05) is 0 Å². The minimum atomic E-state index is 1.37. The third-order valence-corrected chi connectivity index (χ3v) is 7.91. The van der Waals surface area contributed by atoms with Gasteiger partial charge in [-0.05, 0) is 0 Å². The molecule has 0 N–H and O–H groups in total. The van der Waals surface area contributed by atoms with E-state index in [0.717, 1.165) is 0 Å². The number of rotatable bonds is 30. The molecular formula is C36H76. The highest BCUT2D eigenvalue weighted by Gasteiger charge is 1.95. The largest absolute Gasteiger partial charge is 0.0654 e. The standard InChI is InChI=1S/2C18H38/c2*1-3-5-7-9-11-13-15-17-18-16-14-12-10-8-6-4-2/h2*3-18H2,1-2H3. The molecule has 0 aromatic rings. The molecule has 0 spiro atoms. The van der Waals surface area contributed by atoms with E-state index in [0.29, 0.717) is 0 Å². The summed E-state index contributed by atoms with van der Waals surface area (Å²) in [4.78, 5) is 0. The molecule has 36 heavy (non-hydrogen) atoms. The van der Waals surface area contributed by atoms with Gasteiger partial charge >= 0.3 is 0 Å². The van der Waals surface area contributed by atoms with E-state index in [1.165, 1.54) is 205 Å². The first kappa shape index (κ1) is 38.1. The summed E-state index contributed by atoms with van der Waals surface area (Å²) in [5.74, 6) is 0. The Hall–Kier alpha value is 0. The van der Waals surface area contributed by atoms with E-state index in [4.69, 9.17) is 0 Å². The predicted octanol–water partition coefficient (Wildman–Crippen LogP) is 14.5. The summed E-state index contributed by atoms with van der Waals surface area (Å²) in [6.45, 7) is 9.18. The summed E-state index contributed by atoms with van der Waals surface area (Å²) in [7, 11) is 0. The molecule has 0 saturated carbocycles. The van der Waals surface area contributed by atoms with E-state index >= 15 is 0 Å². The predicted molar refractivity (Wildman–Crippen MR) is 170 cm³/mol. The Morgan fingerprint density at radius 1 is 0.139 bits per heavy atom. The van der Waals surface area contributed by atoms with Crippen LogP contribution >= 0.6 is 0 Å². The lowest BCUT2D eigenvalue weighted by Crippen LogP contribution is -1.83. The lowest BCUT2D eigenvalue weighted by molar-refractivity contribution is 0.531. The van der Waals surface area contributed by atoms with Gasteiger partial charge < -0.3 is 0 Å². The van der Waals surface area contributed by atoms with Crippen LogP contribution in [-0.2, 0) is 0 Å². The Kier molecular flexibility index (Phi) is 41.9. The van der Waals surface area contributed by atoms with Crippen molar-refractivity contribution in [1.82, 2.24) is 0 Å². The maximum Gasteiger partial charge on any atom is -0.0533 e. The van der Waals surface area contributed by atoms with Crippen LogP contribution in [0.15, 0.2) is 0 Å². The van der Waals surface area contributed by atoms with Crippen molar-refractivity contribution in [2.45, 2.75) is 233 Å². The number of unbranched alkanes of at least 4 members (excludes halogenated alkanes) is 30. The van der Waals surface area contributed by atoms with Crippen LogP contribution in [0.1, 0.15) is 233 Å². The molecule has 0 heterocycles.